The highest BCUT2D eigenvalue weighted by atomic mass is 35.5. The Morgan fingerprint density at radius 2 is 1.95 bits per heavy atom. The first-order chi connectivity index (χ1) is 10.6. The molecule has 0 radical (unpaired) electrons. The van der Waals surface area contributed by atoms with E-state index in [1.165, 1.54) is 6.07 Å². The van der Waals surface area contributed by atoms with Gasteiger partial charge in [0.1, 0.15) is 5.75 Å². The molecule has 1 unspecified atom stereocenters. The largest absolute Gasteiger partial charge is 0.508 e. The van der Waals surface area contributed by atoms with Gasteiger partial charge in [-0.3, -0.25) is 5.10 Å². The first kappa shape index (κ1) is 15.5. The molecule has 0 spiro atoms. The van der Waals surface area contributed by atoms with Crippen molar-refractivity contribution < 1.29 is 5.11 Å². The van der Waals surface area contributed by atoms with Gasteiger partial charge in [0.05, 0.1) is 21.9 Å². The standard InChI is InChI=1S/C15H18Cl2N4O/c16-12-5-11(14(22)6-13(12)17)15(18)9-1-3-21(4-2-9)10-7-19-20-8-10/h5-9,15,22H,1-4,18H2,(H,19,20). The Kier molecular flexibility index (Phi) is 4.47. The van der Waals surface area contributed by atoms with Gasteiger partial charge in [-0.2, -0.15) is 5.10 Å². The number of phenols is 1. The molecule has 1 aromatic carbocycles. The van der Waals surface area contributed by atoms with Crippen LogP contribution in [0.4, 0.5) is 5.69 Å². The SMILES string of the molecule is NC(c1cc(Cl)c(Cl)cc1O)C1CCN(c2cn[nH]c2)CC1. The predicted octanol–water partition coefficient (Wildman–Crippen LogP) is 3.34. The number of anilines is 1. The molecular weight excluding hydrogens is 323 g/mol. The number of piperidine rings is 1. The van der Waals surface area contributed by atoms with E-state index in [4.69, 9.17) is 28.9 Å². The van der Waals surface area contributed by atoms with Crippen LogP contribution in [0, 0.1) is 5.92 Å². The lowest BCUT2D eigenvalue weighted by atomic mass is 9.85. The summed E-state index contributed by atoms with van der Waals surface area (Å²) in [4.78, 5) is 2.28. The number of hydrogen-bond acceptors (Lipinski definition) is 4. The average molecular weight is 341 g/mol. The predicted molar refractivity (Wildman–Crippen MR) is 88.6 cm³/mol. The average Bonchev–Trinajstić information content (AvgIpc) is 3.05. The third-order valence-electron chi connectivity index (χ3n) is 4.33. The van der Waals surface area contributed by atoms with Crippen LogP contribution >= 0.6 is 23.2 Å². The zero-order valence-corrected chi connectivity index (χ0v) is 13.5. The molecule has 0 aliphatic carbocycles. The number of rotatable bonds is 3. The van der Waals surface area contributed by atoms with Gasteiger partial charge in [-0.05, 0) is 24.8 Å². The molecule has 0 saturated carbocycles. The van der Waals surface area contributed by atoms with Crippen LogP contribution in [-0.4, -0.2) is 28.4 Å². The van der Waals surface area contributed by atoms with Crippen molar-refractivity contribution in [2.75, 3.05) is 18.0 Å². The number of hydrogen-bond donors (Lipinski definition) is 3. The summed E-state index contributed by atoms with van der Waals surface area (Å²) in [7, 11) is 0. The molecule has 2 aromatic rings. The maximum absolute atomic E-state index is 10.1. The van der Waals surface area contributed by atoms with E-state index < -0.39 is 0 Å². The summed E-state index contributed by atoms with van der Waals surface area (Å²) < 4.78 is 0. The fraction of sp³-hybridized carbons (Fsp3) is 0.400. The molecule has 1 aliphatic heterocycles. The molecule has 1 fully saturated rings. The maximum atomic E-state index is 10.1. The molecule has 2 heterocycles. The summed E-state index contributed by atoms with van der Waals surface area (Å²) >= 11 is 11.9. The van der Waals surface area contributed by atoms with Crippen LogP contribution in [0.25, 0.3) is 0 Å². The fourth-order valence-corrected chi connectivity index (χ4v) is 3.34. The molecule has 0 amide bonds. The van der Waals surface area contributed by atoms with Crippen molar-refractivity contribution in [3.8, 4) is 5.75 Å². The summed E-state index contributed by atoms with van der Waals surface area (Å²) in [5.41, 5.74) is 8.12. The second-order valence-electron chi connectivity index (χ2n) is 5.63. The van der Waals surface area contributed by atoms with E-state index in [2.05, 4.69) is 15.1 Å². The fourth-order valence-electron chi connectivity index (χ4n) is 3.01. The molecule has 118 valence electrons. The summed E-state index contributed by atoms with van der Waals surface area (Å²) in [6.07, 6.45) is 5.62. The van der Waals surface area contributed by atoms with Crippen molar-refractivity contribution in [2.24, 2.45) is 11.7 Å². The highest BCUT2D eigenvalue weighted by Crippen LogP contribution is 2.38. The van der Waals surface area contributed by atoms with Gasteiger partial charge in [0, 0.05) is 37.0 Å². The molecule has 1 aliphatic rings. The zero-order valence-electron chi connectivity index (χ0n) is 12.0. The minimum atomic E-state index is -0.249. The normalized spacial score (nSPS) is 17.7. The first-order valence-corrected chi connectivity index (χ1v) is 7.99. The number of nitrogens with two attached hydrogens (primary N) is 1. The highest BCUT2D eigenvalue weighted by molar-refractivity contribution is 6.42. The number of aromatic hydroxyl groups is 1. The Morgan fingerprint density at radius 3 is 2.59 bits per heavy atom. The molecule has 0 bridgehead atoms. The molecule has 1 saturated heterocycles. The summed E-state index contributed by atoms with van der Waals surface area (Å²) in [5.74, 6) is 0.408. The van der Waals surface area contributed by atoms with Gasteiger partial charge in [0.15, 0.2) is 0 Å². The van der Waals surface area contributed by atoms with E-state index in [9.17, 15) is 5.11 Å². The second kappa shape index (κ2) is 6.36. The van der Waals surface area contributed by atoms with Crippen molar-refractivity contribution in [3.63, 3.8) is 0 Å². The lowest BCUT2D eigenvalue weighted by molar-refractivity contribution is 0.337. The van der Waals surface area contributed by atoms with E-state index in [1.54, 1.807) is 6.07 Å². The Bertz CT molecular complexity index is 639. The van der Waals surface area contributed by atoms with Crippen LogP contribution in [0.3, 0.4) is 0 Å². The van der Waals surface area contributed by atoms with Gasteiger partial charge < -0.3 is 15.7 Å². The summed E-state index contributed by atoms with van der Waals surface area (Å²) in [6, 6.07) is 2.88. The van der Waals surface area contributed by atoms with E-state index in [0.29, 0.717) is 21.5 Å². The van der Waals surface area contributed by atoms with Crippen LogP contribution in [0.2, 0.25) is 10.0 Å². The number of halogens is 2. The van der Waals surface area contributed by atoms with Crippen molar-refractivity contribution >= 4 is 28.9 Å². The molecule has 22 heavy (non-hydrogen) atoms. The smallest absolute Gasteiger partial charge is 0.121 e. The summed E-state index contributed by atoms with van der Waals surface area (Å²) in [6.45, 7) is 1.83. The van der Waals surface area contributed by atoms with Crippen LogP contribution in [0.5, 0.6) is 5.75 Å². The third-order valence-corrected chi connectivity index (χ3v) is 5.05. The number of benzene rings is 1. The van der Waals surface area contributed by atoms with Crippen molar-refractivity contribution in [2.45, 2.75) is 18.9 Å². The van der Waals surface area contributed by atoms with Crippen molar-refractivity contribution in [1.29, 1.82) is 0 Å². The van der Waals surface area contributed by atoms with Gasteiger partial charge in [-0.25, -0.2) is 0 Å². The van der Waals surface area contributed by atoms with Crippen LogP contribution < -0.4 is 10.6 Å². The number of nitrogens with zero attached hydrogens (tertiary/aromatic N) is 2. The Morgan fingerprint density at radius 1 is 1.27 bits per heavy atom. The molecular formula is C15H18Cl2N4O. The van der Waals surface area contributed by atoms with Crippen LogP contribution in [0.1, 0.15) is 24.4 Å². The number of aromatic nitrogens is 2. The molecule has 5 nitrogen and oxygen atoms in total. The lowest BCUT2D eigenvalue weighted by Crippen LogP contribution is -2.37. The van der Waals surface area contributed by atoms with Crippen molar-refractivity contribution in [3.05, 3.63) is 40.1 Å². The van der Waals surface area contributed by atoms with E-state index in [1.807, 2.05) is 12.4 Å². The Balaban J connectivity index is 1.69. The first-order valence-electron chi connectivity index (χ1n) is 7.23. The van der Waals surface area contributed by atoms with Crippen LogP contribution in [-0.2, 0) is 0 Å². The van der Waals surface area contributed by atoms with E-state index >= 15 is 0 Å². The monoisotopic (exact) mass is 340 g/mol. The van der Waals surface area contributed by atoms with E-state index in [-0.39, 0.29) is 11.8 Å². The molecule has 1 aromatic heterocycles. The van der Waals surface area contributed by atoms with Gasteiger partial charge >= 0.3 is 0 Å². The number of aromatic amines is 1. The Labute approximate surface area is 139 Å². The lowest BCUT2D eigenvalue weighted by Gasteiger charge is -2.35. The molecule has 1 atom stereocenters. The number of phenolic OH excluding ortho intramolecular Hbond substituents is 1. The minimum Gasteiger partial charge on any atom is -0.508 e. The minimum absolute atomic E-state index is 0.110. The highest BCUT2D eigenvalue weighted by Gasteiger charge is 2.27. The zero-order chi connectivity index (χ0) is 15.7. The van der Waals surface area contributed by atoms with Gasteiger partial charge in [0.2, 0.25) is 0 Å². The van der Waals surface area contributed by atoms with Crippen LogP contribution in [0.15, 0.2) is 24.5 Å². The quantitative estimate of drug-likeness (QED) is 0.800. The topological polar surface area (TPSA) is 78.2 Å². The number of nitrogens with one attached hydrogen (secondary N) is 1. The Hall–Kier alpha value is -1.43. The van der Waals surface area contributed by atoms with Crippen molar-refractivity contribution in [1.82, 2.24) is 10.2 Å². The molecule has 7 heteroatoms. The van der Waals surface area contributed by atoms with E-state index in [0.717, 1.165) is 31.6 Å². The summed E-state index contributed by atoms with van der Waals surface area (Å²) in [5, 5.41) is 17.6. The van der Waals surface area contributed by atoms with Gasteiger partial charge in [-0.1, -0.05) is 23.2 Å². The molecule has 4 N–H and O–H groups in total. The number of H-pyrrole nitrogens is 1. The maximum Gasteiger partial charge on any atom is 0.121 e. The van der Waals surface area contributed by atoms with Gasteiger partial charge in [0.25, 0.3) is 0 Å². The second-order valence-corrected chi connectivity index (χ2v) is 6.45. The third kappa shape index (κ3) is 3.02. The van der Waals surface area contributed by atoms with Gasteiger partial charge in [-0.15, -0.1) is 0 Å². The molecule has 3 rings (SSSR count).